The predicted molar refractivity (Wildman–Crippen MR) is 75.6 cm³/mol. The van der Waals surface area contributed by atoms with Gasteiger partial charge in [0.1, 0.15) is 11.2 Å². The minimum absolute atomic E-state index is 0.213. The second-order valence-electron chi connectivity index (χ2n) is 6.38. The summed E-state index contributed by atoms with van der Waals surface area (Å²) in [7, 11) is 0. The summed E-state index contributed by atoms with van der Waals surface area (Å²) in [6.07, 6.45) is 1.41. The number of carbonyl (C=O) groups is 1. The van der Waals surface area contributed by atoms with Crippen molar-refractivity contribution >= 4 is 17.4 Å². The molecule has 1 saturated heterocycles. The molecule has 20 heavy (non-hydrogen) atoms. The van der Waals surface area contributed by atoms with E-state index in [1.54, 1.807) is 16.2 Å². The number of hydrogen-bond donors (Lipinski definition) is 0. The topological polar surface area (TPSA) is 51.7 Å². The van der Waals surface area contributed by atoms with Crippen LogP contribution in [-0.2, 0) is 21.7 Å². The smallest absolute Gasteiger partial charge is 0.410 e. The molecular formula is C14H20N2O3S. The minimum atomic E-state index is -0.444. The Balaban J connectivity index is 1.65. The van der Waals surface area contributed by atoms with Crippen LogP contribution in [0.3, 0.4) is 0 Å². The highest BCUT2D eigenvalue weighted by Crippen LogP contribution is 2.45. The van der Waals surface area contributed by atoms with Crippen molar-refractivity contribution in [2.24, 2.45) is 0 Å². The zero-order chi connectivity index (χ0) is 14.4. The molecule has 1 aromatic heterocycles. The van der Waals surface area contributed by atoms with Crippen LogP contribution in [0, 0.1) is 0 Å². The van der Waals surface area contributed by atoms with Crippen LogP contribution in [0.5, 0.6) is 0 Å². The van der Waals surface area contributed by atoms with E-state index in [0.29, 0.717) is 19.7 Å². The first-order chi connectivity index (χ1) is 9.40. The van der Waals surface area contributed by atoms with Gasteiger partial charge < -0.3 is 14.4 Å². The molecule has 3 heterocycles. The van der Waals surface area contributed by atoms with Crippen LogP contribution in [0.25, 0.3) is 0 Å². The van der Waals surface area contributed by atoms with E-state index in [1.807, 2.05) is 26.3 Å². The number of amides is 1. The normalized spacial score (nSPS) is 21.1. The molecule has 1 spiro atoms. The van der Waals surface area contributed by atoms with Crippen molar-refractivity contribution < 1.29 is 14.3 Å². The van der Waals surface area contributed by atoms with Gasteiger partial charge in [-0.25, -0.2) is 9.78 Å². The van der Waals surface area contributed by atoms with Crippen molar-refractivity contribution in [1.82, 2.24) is 9.88 Å². The Bertz CT molecular complexity index is 513. The fraction of sp³-hybridized carbons (Fsp3) is 0.714. The molecule has 0 N–H and O–H groups in total. The van der Waals surface area contributed by atoms with E-state index in [0.717, 1.165) is 18.5 Å². The number of thiazole rings is 1. The van der Waals surface area contributed by atoms with Crippen molar-refractivity contribution in [3.8, 4) is 0 Å². The lowest BCUT2D eigenvalue weighted by atomic mass is 9.90. The van der Waals surface area contributed by atoms with Gasteiger partial charge in [0.2, 0.25) is 0 Å². The van der Waals surface area contributed by atoms with Gasteiger partial charge in [0.15, 0.2) is 0 Å². The molecule has 0 aliphatic carbocycles. The van der Waals surface area contributed by atoms with E-state index in [9.17, 15) is 4.79 Å². The Morgan fingerprint density at radius 3 is 2.80 bits per heavy atom. The lowest BCUT2D eigenvalue weighted by Gasteiger charge is -2.38. The van der Waals surface area contributed by atoms with Gasteiger partial charge in [-0.05, 0) is 33.6 Å². The zero-order valence-corrected chi connectivity index (χ0v) is 13.0. The first-order valence-electron chi connectivity index (χ1n) is 6.94. The lowest BCUT2D eigenvalue weighted by Crippen LogP contribution is -2.46. The van der Waals surface area contributed by atoms with E-state index in [1.165, 1.54) is 4.88 Å². The van der Waals surface area contributed by atoms with Crippen LogP contribution >= 0.6 is 11.3 Å². The molecule has 6 heteroatoms. The largest absolute Gasteiger partial charge is 0.444 e. The van der Waals surface area contributed by atoms with Crippen molar-refractivity contribution in [2.45, 2.75) is 51.4 Å². The molecule has 0 bridgehead atoms. The molecule has 0 saturated carbocycles. The highest BCUT2D eigenvalue weighted by molar-refractivity contribution is 7.10. The average Bonchev–Trinajstić information content (AvgIpc) is 2.93. The second kappa shape index (κ2) is 4.70. The van der Waals surface area contributed by atoms with Crippen LogP contribution < -0.4 is 0 Å². The Kier molecular flexibility index (Phi) is 3.25. The fourth-order valence-electron chi connectivity index (χ4n) is 2.76. The highest BCUT2D eigenvalue weighted by atomic mass is 32.1. The van der Waals surface area contributed by atoms with E-state index in [-0.39, 0.29) is 11.7 Å². The third kappa shape index (κ3) is 2.42. The van der Waals surface area contributed by atoms with Gasteiger partial charge in [0.25, 0.3) is 0 Å². The molecule has 3 rings (SSSR count). The SMILES string of the molecule is CC(C)(C)OC(=O)N1CCC2(CC1)OCc1ncsc12. The molecule has 0 aromatic carbocycles. The standard InChI is InChI=1S/C14H20N2O3S/c1-13(2,3)19-12(17)16-6-4-14(5-7-16)11-10(8-18-14)15-9-20-11/h9H,4-8H2,1-3H3. The third-order valence-corrected chi connectivity index (χ3v) is 4.82. The van der Waals surface area contributed by atoms with Gasteiger partial charge in [-0.15, -0.1) is 11.3 Å². The summed E-state index contributed by atoms with van der Waals surface area (Å²) in [6.45, 7) is 7.61. The molecule has 0 atom stereocenters. The number of piperidine rings is 1. The molecule has 5 nitrogen and oxygen atoms in total. The Hall–Kier alpha value is -1.14. The maximum Gasteiger partial charge on any atom is 0.410 e. The Labute approximate surface area is 122 Å². The number of nitrogens with zero attached hydrogens (tertiary/aromatic N) is 2. The molecule has 110 valence electrons. The van der Waals surface area contributed by atoms with Crippen molar-refractivity contribution in [3.05, 3.63) is 16.1 Å². The average molecular weight is 296 g/mol. The van der Waals surface area contributed by atoms with Gasteiger partial charge in [-0.1, -0.05) is 0 Å². The molecule has 1 amide bonds. The maximum absolute atomic E-state index is 12.1. The molecular weight excluding hydrogens is 276 g/mol. The van der Waals surface area contributed by atoms with Crippen LogP contribution in [0.1, 0.15) is 44.2 Å². The second-order valence-corrected chi connectivity index (χ2v) is 7.23. The quantitative estimate of drug-likeness (QED) is 0.738. The third-order valence-electron chi connectivity index (χ3n) is 3.76. The summed E-state index contributed by atoms with van der Waals surface area (Å²) >= 11 is 1.67. The van der Waals surface area contributed by atoms with E-state index < -0.39 is 5.60 Å². The number of ether oxygens (including phenoxy) is 2. The van der Waals surface area contributed by atoms with Crippen LogP contribution in [0.2, 0.25) is 0 Å². The highest BCUT2D eigenvalue weighted by Gasteiger charge is 2.45. The summed E-state index contributed by atoms with van der Waals surface area (Å²) in [5.74, 6) is 0. The maximum atomic E-state index is 12.1. The summed E-state index contributed by atoms with van der Waals surface area (Å²) in [6, 6.07) is 0. The van der Waals surface area contributed by atoms with Crippen LogP contribution in [0.4, 0.5) is 4.79 Å². The molecule has 0 radical (unpaired) electrons. The summed E-state index contributed by atoms with van der Waals surface area (Å²) < 4.78 is 11.4. The van der Waals surface area contributed by atoms with Gasteiger partial charge in [-0.2, -0.15) is 0 Å². The lowest BCUT2D eigenvalue weighted by molar-refractivity contribution is -0.0785. The Morgan fingerprint density at radius 2 is 2.15 bits per heavy atom. The predicted octanol–water partition coefficient (Wildman–Crippen LogP) is 2.90. The summed E-state index contributed by atoms with van der Waals surface area (Å²) in [5.41, 5.74) is 2.30. The first-order valence-corrected chi connectivity index (χ1v) is 7.82. The first kappa shape index (κ1) is 13.8. The monoisotopic (exact) mass is 296 g/mol. The van der Waals surface area contributed by atoms with E-state index >= 15 is 0 Å². The zero-order valence-electron chi connectivity index (χ0n) is 12.1. The molecule has 0 unspecified atom stereocenters. The van der Waals surface area contributed by atoms with Crippen molar-refractivity contribution in [3.63, 3.8) is 0 Å². The van der Waals surface area contributed by atoms with Crippen LogP contribution in [-0.4, -0.2) is 34.7 Å². The van der Waals surface area contributed by atoms with Gasteiger partial charge in [-0.3, -0.25) is 0 Å². The number of hydrogen-bond acceptors (Lipinski definition) is 5. The summed E-state index contributed by atoms with van der Waals surface area (Å²) in [4.78, 5) is 19.4. The van der Waals surface area contributed by atoms with E-state index in [2.05, 4.69) is 4.98 Å². The van der Waals surface area contributed by atoms with Gasteiger partial charge in [0, 0.05) is 13.1 Å². The Morgan fingerprint density at radius 1 is 1.45 bits per heavy atom. The van der Waals surface area contributed by atoms with Gasteiger partial charge in [0.05, 0.1) is 22.7 Å². The molecule has 1 aromatic rings. The number of fused-ring (bicyclic) bond motifs is 2. The van der Waals surface area contributed by atoms with Crippen molar-refractivity contribution in [2.75, 3.05) is 13.1 Å². The minimum Gasteiger partial charge on any atom is -0.444 e. The van der Waals surface area contributed by atoms with E-state index in [4.69, 9.17) is 9.47 Å². The number of aromatic nitrogens is 1. The molecule has 1 fully saturated rings. The molecule has 2 aliphatic rings. The fourth-order valence-corrected chi connectivity index (χ4v) is 3.77. The van der Waals surface area contributed by atoms with Crippen LogP contribution in [0.15, 0.2) is 5.51 Å². The summed E-state index contributed by atoms with van der Waals surface area (Å²) in [5, 5.41) is 0. The van der Waals surface area contributed by atoms with Crippen molar-refractivity contribution in [1.29, 1.82) is 0 Å². The number of rotatable bonds is 0. The number of carbonyl (C=O) groups excluding carboxylic acids is 1. The number of likely N-dealkylation sites (tertiary alicyclic amines) is 1. The van der Waals surface area contributed by atoms with Gasteiger partial charge >= 0.3 is 6.09 Å². The molecule has 2 aliphatic heterocycles.